The molecule has 0 atom stereocenters. The molecule has 0 amide bonds. The second kappa shape index (κ2) is 6.76. The minimum atomic E-state index is -4.51. The summed E-state index contributed by atoms with van der Waals surface area (Å²) in [5.74, 6) is 0.223. The Morgan fingerprint density at radius 2 is 1.74 bits per heavy atom. The lowest BCUT2D eigenvalue weighted by atomic mass is 10.2. The fourth-order valence-corrected chi connectivity index (χ4v) is 3.69. The van der Waals surface area contributed by atoms with Crippen molar-refractivity contribution in [3.8, 4) is 22.9 Å². The average molecular weight is 396 g/mol. The summed E-state index contributed by atoms with van der Waals surface area (Å²) in [5, 5.41) is 7.91. The first-order chi connectivity index (χ1) is 12.6. The summed E-state index contributed by atoms with van der Waals surface area (Å²) in [5.41, 5.74) is -0.541. The van der Waals surface area contributed by atoms with Crippen LogP contribution in [0.25, 0.3) is 22.9 Å². The quantitative estimate of drug-likeness (QED) is 0.676. The second-order valence-electron chi connectivity index (χ2n) is 5.73. The van der Waals surface area contributed by atoms with Crippen molar-refractivity contribution >= 4 is 9.84 Å². The van der Waals surface area contributed by atoms with Gasteiger partial charge in [0.15, 0.2) is 21.5 Å². The van der Waals surface area contributed by atoms with E-state index in [9.17, 15) is 21.6 Å². The number of nitrogens with zero attached hydrogens (tertiary/aromatic N) is 4. The van der Waals surface area contributed by atoms with E-state index in [1.165, 1.54) is 17.6 Å². The first-order valence-electron chi connectivity index (χ1n) is 7.90. The maximum Gasteiger partial charge on any atom is 0.416 e. The van der Waals surface area contributed by atoms with Gasteiger partial charge >= 0.3 is 6.18 Å². The Balaban J connectivity index is 2.14. The number of hydrogen-bond donors (Lipinski definition) is 0. The van der Waals surface area contributed by atoms with Gasteiger partial charge in [0.05, 0.1) is 16.2 Å². The summed E-state index contributed by atoms with van der Waals surface area (Å²) in [4.78, 5) is 4.03. The van der Waals surface area contributed by atoms with E-state index in [2.05, 4.69) is 15.2 Å². The van der Waals surface area contributed by atoms with Crippen LogP contribution in [0.2, 0.25) is 0 Å². The maximum absolute atomic E-state index is 12.9. The van der Waals surface area contributed by atoms with Gasteiger partial charge in [-0.25, -0.2) is 8.42 Å². The van der Waals surface area contributed by atoms with Crippen LogP contribution >= 0.6 is 0 Å². The molecule has 0 saturated heterocycles. The minimum absolute atomic E-state index is 0.0121. The van der Waals surface area contributed by atoms with E-state index in [-0.39, 0.29) is 28.0 Å². The van der Waals surface area contributed by atoms with Crippen LogP contribution in [-0.4, -0.2) is 33.9 Å². The van der Waals surface area contributed by atoms with Crippen molar-refractivity contribution in [1.82, 2.24) is 19.7 Å². The molecule has 3 aromatic rings. The highest BCUT2D eigenvalue weighted by Crippen LogP contribution is 2.32. The molecule has 0 spiro atoms. The van der Waals surface area contributed by atoms with Crippen LogP contribution in [0.3, 0.4) is 0 Å². The van der Waals surface area contributed by atoms with E-state index < -0.39 is 21.6 Å². The van der Waals surface area contributed by atoms with Crippen LogP contribution in [-0.2, 0) is 23.1 Å². The molecule has 142 valence electrons. The van der Waals surface area contributed by atoms with E-state index in [0.717, 1.165) is 18.3 Å². The number of rotatable bonds is 4. The zero-order valence-corrected chi connectivity index (χ0v) is 15.2. The molecule has 10 heteroatoms. The molecule has 0 radical (unpaired) electrons. The Bertz CT molecular complexity index is 1090. The predicted octanol–water partition coefficient (Wildman–Crippen LogP) is 3.36. The third kappa shape index (κ3) is 3.57. The molecule has 0 aliphatic carbocycles. The number of benzene rings is 1. The monoisotopic (exact) mass is 396 g/mol. The summed E-state index contributed by atoms with van der Waals surface area (Å²) in [6.07, 6.45) is -3.47. The third-order valence-electron chi connectivity index (χ3n) is 4.03. The molecule has 3 rings (SSSR count). The van der Waals surface area contributed by atoms with Gasteiger partial charge in [-0.15, -0.1) is 10.2 Å². The smallest absolute Gasteiger partial charge is 0.309 e. The molecule has 0 bridgehead atoms. The van der Waals surface area contributed by atoms with Crippen LogP contribution < -0.4 is 0 Å². The molecule has 0 N–H and O–H groups in total. The zero-order chi connectivity index (χ0) is 19.8. The number of halogens is 3. The van der Waals surface area contributed by atoms with Gasteiger partial charge in [0.1, 0.15) is 5.69 Å². The van der Waals surface area contributed by atoms with Crippen molar-refractivity contribution in [1.29, 1.82) is 0 Å². The number of aromatic nitrogens is 4. The van der Waals surface area contributed by atoms with Gasteiger partial charge in [0.25, 0.3) is 0 Å². The topological polar surface area (TPSA) is 77.7 Å². The standard InChI is InChI=1S/C17H15F3N4O2S/c1-3-27(25,26)14-7-5-4-6-12(14)15-22-23-16(24(15)2)13-10-11(8-9-21-13)17(18,19)20/h4-10H,3H2,1-2H3. The van der Waals surface area contributed by atoms with Gasteiger partial charge in [-0.05, 0) is 24.3 Å². The molecular formula is C17H15F3N4O2S. The molecular weight excluding hydrogens is 381 g/mol. The Morgan fingerprint density at radius 3 is 2.41 bits per heavy atom. The normalized spacial score (nSPS) is 12.3. The van der Waals surface area contributed by atoms with Crippen molar-refractivity contribution < 1.29 is 21.6 Å². The lowest BCUT2D eigenvalue weighted by Gasteiger charge is -2.10. The zero-order valence-electron chi connectivity index (χ0n) is 14.4. The highest BCUT2D eigenvalue weighted by atomic mass is 32.2. The van der Waals surface area contributed by atoms with E-state index in [1.54, 1.807) is 25.2 Å². The molecule has 6 nitrogen and oxygen atoms in total. The van der Waals surface area contributed by atoms with E-state index in [1.807, 2.05) is 0 Å². The largest absolute Gasteiger partial charge is 0.416 e. The number of hydrogen-bond acceptors (Lipinski definition) is 5. The first kappa shape index (κ1) is 19.0. The highest BCUT2D eigenvalue weighted by Gasteiger charge is 2.31. The molecule has 2 aromatic heterocycles. The molecule has 0 aliphatic heterocycles. The number of pyridine rings is 1. The van der Waals surface area contributed by atoms with E-state index >= 15 is 0 Å². The molecule has 0 unspecified atom stereocenters. The van der Waals surface area contributed by atoms with Gasteiger partial charge in [-0.2, -0.15) is 13.2 Å². The second-order valence-corrected chi connectivity index (χ2v) is 7.98. The lowest BCUT2D eigenvalue weighted by molar-refractivity contribution is -0.137. The van der Waals surface area contributed by atoms with Gasteiger partial charge in [-0.1, -0.05) is 19.1 Å². The van der Waals surface area contributed by atoms with Crippen LogP contribution in [0.5, 0.6) is 0 Å². The van der Waals surface area contributed by atoms with Crippen LogP contribution in [0, 0.1) is 0 Å². The van der Waals surface area contributed by atoms with Crippen molar-refractivity contribution in [3.05, 3.63) is 48.2 Å². The number of sulfone groups is 1. The van der Waals surface area contributed by atoms with Gasteiger partial charge < -0.3 is 4.57 Å². The Hall–Kier alpha value is -2.75. The third-order valence-corrected chi connectivity index (χ3v) is 5.82. The van der Waals surface area contributed by atoms with Crippen LogP contribution in [0.4, 0.5) is 13.2 Å². The first-order valence-corrected chi connectivity index (χ1v) is 9.55. The maximum atomic E-state index is 12.9. The molecule has 0 fully saturated rings. The molecule has 0 aliphatic rings. The summed E-state index contributed by atoms with van der Waals surface area (Å²) in [6, 6.07) is 8.03. The van der Waals surface area contributed by atoms with Crippen LogP contribution in [0.1, 0.15) is 12.5 Å². The Labute approximate surface area is 153 Å². The van der Waals surface area contributed by atoms with Crippen molar-refractivity contribution in [2.45, 2.75) is 18.0 Å². The van der Waals surface area contributed by atoms with Crippen molar-refractivity contribution in [2.24, 2.45) is 7.05 Å². The molecule has 1 aromatic carbocycles. The summed E-state index contributed by atoms with van der Waals surface area (Å²) >= 11 is 0. The fourth-order valence-electron chi connectivity index (χ4n) is 2.59. The summed E-state index contributed by atoms with van der Waals surface area (Å²) in [7, 11) is -1.98. The van der Waals surface area contributed by atoms with Crippen LogP contribution in [0.15, 0.2) is 47.5 Å². The minimum Gasteiger partial charge on any atom is -0.309 e. The Kier molecular flexibility index (Phi) is 4.77. The van der Waals surface area contributed by atoms with Crippen molar-refractivity contribution in [2.75, 3.05) is 5.75 Å². The van der Waals surface area contributed by atoms with Gasteiger partial charge in [0, 0.05) is 18.8 Å². The van der Waals surface area contributed by atoms with Gasteiger partial charge in [-0.3, -0.25) is 4.98 Å². The van der Waals surface area contributed by atoms with Crippen molar-refractivity contribution in [3.63, 3.8) is 0 Å². The number of alkyl halides is 3. The molecule has 27 heavy (non-hydrogen) atoms. The average Bonchev–Trinajstić information content (AvgIpc) is 3.02. The summed E-state index contributed by atoms with van der Waals surface area (Å²) < 4.78 is 64.9. The lowest BCUT2D eigenvalue weighted by Crippen LogP contribution is -2.08. The fraction of sp³-hybridized carbons (Fsp3) is 0.235. The predicted molar refractivity (Wildman–Crippen MR) is 92.4 cm³/mol. The summed E-state index contributed by atoms with van der Waals surface area (Å²) in [6.45, 7) is 1.53. The van der Waals surface area contributed by atoms with Gasteiger partial charge in [0.2, 0.25) is 0 Å². The van der Waals surface area contributed by atoms with E-state index in [0.29, 0.717) is 5.56 Å². The SMILES string of the molecule is CCS(=O)(=O)c1ccccc1-c1nnc(-c2cc(C(F)(F)F)ccn2)n1C. The molecule has 2 heterocycles. The van der Waals surface area contributed by atoms with E-state index in [4.69, 9.17) is 0 Å². The highest BCUT2D eigenvalue weighted by molar-refractivity contribution is 7.91. The molecule has 0 saturated carbocycles. The Morgan fingerprint density at radius 1 is 1.07 bits per heavy atom.